The van der Waals surface area contributed by atoms with Gasteiger partial charge in [-0.25, -0.2) is 4.98 Å². The van der Waals surface area contributed by atoms with Crippen LogP contribution in [0.4, 0.5) is 5.13 Å². The van der Waals surface area contributed by atoms with Gasteiger partial charge in [0, 0.05) is 31.8 Å². The van der Waals surface area contributed by atoms with E-state index in [1.54, 1.807) is 32.5 Å². The minimum absolute atomic E-state index is 0.0785. The molecular formula is C17H22N4O4S. The summed E-state index contributed by atoms with van der Waals surface area (Å²) < 4.78 is 6.54. The van der Waals surface area contributed by atoms with Gasteiger partial charge in [-0.2, -0.15) is 0 Å². The third-order valence-corrected chi connectivity index (χ3v) is 4.65. The highest BCUT2D eigenvalue weighted by Gasteiger charge is 2.19. The second kappa shape index (κ2) is 8.72. The van der Waals surface area contributed by atoms with E-state index in [0.29, 0.717) is 29.5 Å². The number of likely N-dealkylation sites (N-methyl/N-ethyl adjacent to an activating group) is 1. The molecule has 2 rings (SSSR count). The van der Waals surface area contributed by atoms with Gasteiger partial charge in [-0.1, -0.05) is 0 Å². The molecule has 26 heavy (non-hydrogen) atoms. The first kappa shape index (κ1) is 19.8. The van der Waals surface area contributed by atoms with Crippen LogP contribution in [0.15, 0.2) is 16.2 Å². The fraction of sp³-hybridized carbons (Fsp3) is 0.412. The van der Waals surface area contributed by atoms with Crippen LogP contribution in [0, 0.1) is 13.8 Å². The van der Waals surface area contributed by atoms with Crippen molar-refractivity contribution in [2.24, 2.45) is 0 Å². The lowest BCUT2D eigenvalue weighted by molar-refractivity contribution is -0.120. The largest absolute Gasteiger partial charge is 0.383 e. The van der Waals surface area contributed by atoms with Crippen molar-refractivity contribution in [2.75, 3.05) is 26.1 Å². The molecule has 2 N–H and O–H groups in total. The van der Waals surface area contributed by atoms with Crippen molar-refractivity contribution in [3.05, 3.63) is 44.3 Å². The van der Waals surface area contributed by atoms with Crippen LogP contribution in [0.5, 0.6) is 0 Å². The number of anilines is 1. The molecule has 0 spiro atoms. The molecule has 9 heteroatoms. The summed E-state index contributed by atoms with van der Waals surface area (Å²) in [5.41, 5.74) is 1.64. The molecule has 2 heterocycles. The number of ether oxygens (including phenoxy) is 1. The van der Waals surface area contributed by atoms with Gasteiger partial charge >= 0.3 is 0 Å². The maximum atomic E-state index is 12.7. The van der Waals surface area contributed by atoms with E-state index in [2.05, 4.69) is 15.6 Å². The average molecular weight is 378 g/mol. The standard InChI is InChI=1S/C17H22N4O4S/c1-10-7-11(2)21(5-6-25-4)16(24)14(10)15(23)20-17-19-12(9-26-17)8-13(22)18-3/h7,9H,5-6,8H2,1-4H3,(H,18,22)(H,19,20,23). The van der Waals surface area contributed by atoms with E-state index in [0.717, 1.165) is 5.69 Å². The second-order valence-corrected chi connectivity index (χ2v) is 6.60. The summed E-state index contributed by atoms with van der Waals surface area (Å²) in [5, 5.41) is 7.21. The Balaban J connectivity index is 2.24. The normalized spacial score (nSPS) is 10.6. The number of nitrogens with zero attached hydrogens (tertiary/aromatic N) is 2. The predicted octanol–water partition coefficient (Wildman–Crippen LogP) is 1.11. The first-order valence-corrected chi connectivity index (χ1v) is 8.91. The van der Waals surface area contributed by atoms with Crippen molar-refractivity contribution in [3.8, 4) is 0 Å². The van der Waals surface area contributed by atoms with Crippen molar-refractivity contribution >= 4 is 28.3 Å². The Morgan fingerprint density at radius 2 is 2.08 bits per heavy atom. The third-order valence-electron chi connectivity index (χ3n) is 3.84. The fourth-order valence-corrected chi connectivity index (χ4v) is 3.23. The van der Waals surface area contributed by atoms with Gasteiger partial charge in [0.2, 0.25) is 5.91 Å². The number of amides is 2. The topological polar surface area (TPSA) is 102 Å². The molecule has 0 saturated carbocycles. The maximum Gasteiger partial charge on any atom is 0.263 e. The highest BCUT2D eigenvalue weighted by Crippen LogP contribution is 2.17. The van der Waals surface area contributed by atoms with E-state index in [1.807, 2.05) is 6.92 Å². The summed E-state index contributed by atoms with van der Waals surface area (Å²) in [7, 11) is 3.10. The van der Waals surface area contributed by atoms with Crippen molar-refractivity contribution in [2.45, 2.75) is 26.8 Å². The van der Waals surface area contributed by atoms with Gasteiger partial charge < -0.3 is 14.6 Å². The summed E-state index contributed by atoms with van der Waals surface area (Å²) >= 11 is 1.21. The molecule has 8 nitrogen and oxygen atoms in total. The lowest BCUT2D eigenvalue weighted by atomic mass is 10.1. The SMILES string of the molecule is CNC(=O)Cc1csc(NC(=O)c2c(C)cc(C)n(CCOC)c2=O)n1. The molecule has 2 amide bonds. The Morgan fingerprint density at radius 3 is 2.73 bits per heavy atom. The molecule has 0 fully saturated rings. The van der Waals surface area contributed by atoms with Gasteiger partial charge in [-0.3, -0.25) is 19.7 Å². The number of methoxy groups -OCH3 is 1. The molecule has 0 bridgehead atoms. The molecule has 0 unspecified atom stereocenters. The van der Waals surface area contributed by atoms with Crippen LogP contribution in [0.1, 0.15) is 27.3 Å². The Hall–Kier alpha value is -2.52. The smallest absolute Gasteiger partial charge is 0.263 e. The summed E-state index contributed by atoms with van der Waals surface area (Å²) in [6, 6.07) is 1.80. The van der Waals surface area contributed by atoms with E-state index < -0.39 is 5.91 Å². The first-order valence-electron chi connectivity index (χ1n) is 8.03. The average Bonchev–Trinajstić information content (AvgIpc) is 3.01. The van der Waals surface area contributed by atoms with Crippen LogP contribution in [0.2, 0.25) is 0 Å². The Bertz CT molecular complexity index is 872. The predicted molar refractivity (Wildman–Crippen MR) is 99.9 cm³/mol. The number of aryl methyl sites for hydroxylation is 2. The molecule has 0 aliphatic carbocycles. The van der Waals surface area contributed by atoms with Gasteiger partial charge in [0.15, 0.2) is 5.13 Å². The van der Waals surface area contributed by atoms with E-state index in [1.165, 1.54) is 15.9 Å². The third kappa shape index (κ3) is 4.55. The fourth-order valence-electron chi connectivity index (χ4n) is 2.52. The minimum atomic E-state index is -0.514. The van der Waals surface area contributed by atoms with Crippen LogP contribution < -0.4 is 16.2 Å². The number of thiazole rings is 1. The number of nitrogens with one attached hydrogen (secondary N) is 2. The monoisotopic (exact) mass is 378 g/mol. The second-order valence-electron chi connectivity index (χ2n) is 5.74. The van der Waals surface area contributed by atoms with Gasteiger partial charge in [0.05, 0.1) is 18.7 Å². The van der Waals surface area contributed by atoms with Crippen LogP contribution in [0.3, 0.4) is 0 Å². The summed E-state index contributed by atoms with van der Waals surface area (Å²) in [5.74, 6) is -0.678. The van der Waals surface area contributed by atoms with E-state index in [4.69, 9.17) is 4.74 Å². The van der Waals surface area contributed by atoms with Gasteiger partial charge in [-0.05, 0) is 25.5 Å². The number of pyridine rings is 1. The van der Waals surface area contributed by atoms with Crippen LogP contribution >= 0.6 is 11.3 Å². The zero-order chi connectivity index (χ0) is 19.3. The number of aromatic nitrogens is 2. The van der Waals surface area contributed by atoms with Crippen LogP contribution in [-0.4, -0.2) is 42.1 Å². The zero-order valence-corrected chi connectivity index (χ0v) is 16.0. The molecule has 0 aliphatic heterocycles. The number of hydrogen-bond acceptors (Lipinski definition) is 6. The van der Waals surface area contributed by atoms with Crippen molar-refractivity contribution in [3.63, 3.8) is 0 Å². The number of rotatable bonds is 7. The molecular weight excluding hydrogens is 356 g/mol. The molecule has 0 aromatic carbocycles. The Morgan fingerprint density at radius 1 is 1.35 bits per heavy atom. The van der Waals surface area contributed by atoms with Gasteiger partial charge in [0.25, 0.3) is 11.5 Å². The number of carbonyl (C=O) groups excluding carboxylic acids is 2. The van der Waals surface area contributed by atoms with E-state index >= 15 is 0 Å². The Kier molecular flexibility index (Phi) is 6.64. The molecule has 2 aromatic heterocycles. The van der Waals surface area contributed by atoms with Crippen LogP contribution in [0.25, 0.3) is 0 Å². The number of carbonyl (C=O) groups is 2. The highest BCUT2D eigenvalue weighted by atomic mass is 32.1. The van der Waals surface area contributed by atoms with Gasteiger partial charge in [0.1, 0.15) is 5.56 Å². The number of hydrogen-bond donors (Lipinski definition) is 2. The summed E-state index contributed by atoms with van der Waals surface area (Å²) in [6.45, 7) is 4.29. The van der Waals surface area contributed by atoms with Crippen LogP contribution in [-0.2, 0) is 22.5 Å². The van der Waals surface area contributed by atoms with Gasteiger partial charge in [-0.15, -0.1) is 11.3 Å². The molecule has 140 valence electrons. The lowest BCUT2D eigenvalue weighted by Crippen LogP contribution is -2.32. The van der Waals surface area contributed by atoms with Crippen molar-refractivity contribution < 1.29 is 14.3 Å². The molecule has 0 aliphatic rings. The van der Waals surface area contributed by atoms with Crippen molar-refractivity contribution in [1.29, 1.82) is 0 Å². The van der Waals surface area contributed by atoms with E-state index in [-0.39, 0.29) is 23.5 Å². The summed E-state index contributed by atoms with van der Waals surface area (Å²) in [6.07, 6.45) is 0.135. The molecule has 0 atom stereocenters. The lowest BCUT2D eigenvalue weighted by Gasteiger charge is -2.13. The van der Waals surface area contributed by atoms with Crippen molar-refractivity contribution in [1.82, 2.24) is 14.9 Å². The quantitative estimate of drug-likeness (QED) is 0.751. The van der Waals surface area contributed by atoms with E-state index in [9.17, 15) is 14.4 Å². The highest BCUT2D eigenvalue weighted by molar-refractivity contribution is 7.14. The molecule has 0 radical (unpaired) electrons. The maximum absolute atomic E-state index is 12.7. The summed E-state index contributed by atoms with van der Waals surface area (Å²) in [4.78, 5) is 40.9. The zero-order valence-electron chi connectivity index (χ0n) is 15.2. The molecule has 0 saturated heterocycles. The molecule has 2 aromatic rings. The first-order chi connectivity index (χ1) is 12.4. The minimum Gasteiger partial charge on any atom is -0.383 e. The Labute approximate surface area is 155 Å².